The molecule has 0 N–H and O–H groups in total. The Bertz CT molecular complexity index is 498. The topological polar surface area (TPSA) is 44.1 Å². The van der Waals surface area contributed by atoms with Crippen molar-refractivity contribution in [2.75, 3.05) is 18.5 Å². The van der Waals surface area contributed by atoms with E-state index >= 15 is 0 Å². The molecule has 1 aromatic carbocycles. The van der Waals surface area contributed by atoms with Gasteiger partial charge in [-0.05, 0) is 43.9 Å². The van der Waals surface area contributed by atoms with Gasteiger partial charge in [0.15, 0.2) is 5.78 Å². The summed E-state index contributed by atoms with van der Waals surface area (Å²) in [5.41, 5.74) is 2.19. The lowest BCUT2D eigenvalue weighted by molar-refractivity contribution is 0.101. The van der Waals surface area contributed by atoms with E-state index in [2.05, 4.69) is 11.0 Å². The van der Waals surface area contributed by atoms with Gasteiger partial charge in [0.1, 0.15) is 0 Å². The summed E-state index contributed by atoms with van der Waals surface area (Å²) < 4.78 is 0. The Morgan fingerprint density at radius 3 is 2.72 bits per heavy atom. The van der Waals surface area contributed by atoms with Crippen molar-refractivity contribution in [1.82, 2.24) is 0 Å². The van der Waals surface area contributed by atoms with E-state index in [0.717, 1.165) is 18.2 Å². The maximum Gasteiger partial charge on any atom is 0.161 e. The number of carbonyl (C=O) groups is 1. The second-order valence-electron chi connectivity index (χ2n) is 5.08. The number of rotatable bonds is 4. The van der Waals surface area contributed by atoms with Crippen LogP contribution in [0.2, 0.25) is 0 Å². The van der Waals surface area contributed by atoms with Gasteiger partial charge in [0.25, 0.3) is 0 Å². The lowest BCUT2D eigenvalue weighted by Gasteiger charge is -2.32. The fraction of sp³-hybridized carbons (Fsp3) is 0.467. The first kappa shape index (κ1) is 12.6. The van der Waals surface area contributed by atoms with Crippen LogP contribution in [0.3, 0.4) is 0 Å². The molecule has 0 saturated heterocycles. The normalized spacial score (nSPS) is 14.7. The molecule has 3 heteroatoms. The zero-order valence-electron chi connectivity index (χ0n) is 10.9. The highest BCUT2D eigenvalue weighted by Crippen LogP contribution is 2.30. The Labute approximate surface area is 108 Å². The summed E-state index contributed by atoms with van der Waals surface area (Å²) in [6.07, 6.45) is 3.87. The molecular weight excluding hydrogens is 224 g/mol. The van der Waals surface area contributed by atoms with Crippen LogP contribution in [0.4, 0.5) is 5.69 Å². The molecule has 0 aromatic heterocycles. The fourth-order valence-corrected chi connectivity index (χ4v) is 2.38. The van der Waals surface area contributed by atoms with E-state index in [1.165, 1.54) is 19.3 Å². The lowest BCUT2D eigenvalue weighted by Crippen LogP contribution is -2.30. The van der Waals surface area contributed by atoms with Gasteiger partial charge in [0.05, 0.1) is 11.6 Å². The van der Waals surface area contributed by atoms with Crippen LogP contribution in [-0.2, 0) is 0 Å². The van der Waals surface area contributed by atoms with Gasteiger partial charge in [0.2, 0.25) is 0 Å². The summed E-state index contributed by atoms with van der Waals surface area (Å²) >= 11 is 0. The second-order valence-corrected chi connectivity index (χ2v) is 5.08. The van der Waals surface area contributed by atoms with Crippen LogP contribution in [0.1, 0.15) is 42.1 Å². The second kappa shape index (κ2) is 5.22. The van der Waals surface area contributed by atoms with E-state index in [4.69, 9.17) is 5.26 Å². The lowest BCUT2D eigenvalue weighted by atomic mass is 9.85. The maximum absolute atomic E-state index is 11.6. The van der Waals surface area contributed by atoms with Crippen LogP contribution >= 0.6 is 0 Å². The zero-order valence-corrected chi connectivity index (χ0v) is 10.9. The first-order valence-electron chi connectivity index (χ1n) is 6.38. The Kier molecular flexibility index (Phi) is 3.66. The number of benzene rings is 1. The summed E-state index contributed by atoms with van der Waals surface area (Å²) in [5, 5.41) is 8.96. The quantitative estimate of drug-likeness (QED) is 0.762. The molecule has 0 bridgehead atoms. The Hall–Kier alpha value is -1.82. The average molecular weight is 242 g/mol. The fourth-order valence-electron chi connectivity index (χ4n) is 2.38. The number of nitrogens with zero attached hydrogens (tertiary/aromatic N) is 2. The van der Waals surface area contributed by atoms with Crippen molar-refractivity contribution in [2.24, 2.45) is 5.92 Å². The molecule has 1 aliphatic carbocycles. The molecule has 1 fully saturated rings. The van der Waals surface area contributed by atoms with Crippen molar-refractivity contribution >= 4 is 11.5 Å². The summed E-state index contributed by atoms with van der Waals surface area (Å²) in [4.78, 5) is 13.7. The molecule has 0 amide bonds. The third-order valence-corrected chi connectivity index (χ3v) is 3.67. The van der Waals surface area contributed by atoms with Crippen molar-refractivity contribution in [1.29, 1.82) is 5.26 Å². The molecular formula is C15H18N2O. The van der Waals surface area contributed by atoms with E-state index in [-0.39, 0.29) is 5.78 Å². The van der Waals surface area contributed by atoms with Gasteiger partial charge in [-0.1, -0.05) is 6.42 Å². The first-order valence-corrected chi connectivity index (χ1v) is 6.38. The third kappa shape index (κ3) is 2.53. The monoisotopic (exact) mass is 242 g/mol. The Morgan fingerprint density at radius 1 is 1.50 bits per heavy atom. The molecule has 3 nitrogen and oxygen atoms in total. The molecule has 2 rings (SSSR count). The highest BCUT2D eigenvalue weighted by molar-refractivity contribution is 6.00. The molecule has 1 aliphatic rings. The van der Waals surface area contributed by atoms with Crippen molar-refractivity contribution in [2.45, 2.75) is 26.2 Å². The SMILES string of the molecule is CC(=O)c1ccc(C#N)cc1N(C)CC1CCC1. The van der Waals surface area contributed by atoms with Crippen molar-refractivity contribution in [3.05, 3.63) is 29.3 Å². The molecule has 1 saturated carbocycles. The number of nitriles is 1. The minimum atomic E-state index is 0.0509. The predicted octanol–water partition coefficient (Wildman–Crippen LogP) is 3.00. The number of Topliss-reactive ketones (excluding diaryl/α,β-unsaturated/α-hetero) is 1. The summed E-state index contributed by atoms with van der Waals surface area (Å²) in [5.74, 6) is 0.787. The van der Waals surface area contributed by atoms with Crippen LogP contribution in [0, 0.1) is 17.2 Å². The van der Waals surface area contributed by atoms with E-state index in [9.17, 15) is 4.79 Å². The summed E-state index contributed by atoms with van der Waals surface area (Å²) in [6, 6.07) is 7.41. The van der Waals surface area contributed by atoms with Crippen LogP contribution in [0.5, 0.6) is 0 Å². The predicted molar refractivity (Wildman–Crippen MR) is 71.8 cm³/mol. The summed E-state index contributed by atoms with van der Waals surface area (Å²) in [6.45, 7) is 2.54. The first-order chi connectivity index (χ1) is 8.61. The molecule has 0 heterocycles. The molecule has 94 valence electrons. The number of hydrogen-bond donors (Lipinski definition) is 0. The zero-order chi connectivity index (χ0) is 13.1. The minimum Gasteiger partial charge on any atom is -0.374 e. The number of carbonyl (C=O) groups excluding carboxylic acids is 1. The van der Waals surface area contributed by atoms with Gasteiger partial charge >= 0.3 is 0 Å². The van der Waals surface area contributed by atoms with Gasteiger partial charge in [-0.2, -0.15) is 5.26 Å². The van der Waals surface area contributed by atoms with E-state index in [1.54, 1.807) is 19.1 Å². The van der Waals surface area contributed by atoms with Gasteiger partial charge in [0, 0.05) is 24.8 Å². The Balaban J connectivity index is 2.27. The van der Waals surface area contributed by atoms with Crippen molar-refractivity contribution < 1.29 is 4.79 Å². The molecule has 0 atom stereocenters. The van der Waals surface area contributed by atoms with E-state index < -0.39 is 0 Å². The molecule has 1 aromatic rings. The van der Waals surface area contributed by atoms with Crippen LogP contribution in [0.25, 0.3) is 0 Å². The Morgan fingerprint density at radius 2 is 2.22 bits per heavy atom. The molecule has 0 radical (unpaired) electrons. The van der Waals surface area contributed by atoms with Gasteiger partial charge in [-0.3, -0.25) is 4.79 Å². The molecule has 0 unspecified atom stereocenters. The van der Waals surface area contributed by atoms with Crippen molar-refractivity contribution in [3.63, 3.8) is 0 Å². The summed E-state index contributed by atoms with van der Waals surface area (Å²) in [7, 11) is 2.00. The van der Waals surface area contributed by atoms with Crippen LogP contribution < -0.4 is 4.90 Å². The smallest absolute Gasteiger partial charge is 0.161 e. The molecule has 0 spiro atoms. The minimum absolute atomic E-state index is 0.0509. The van der Waals surface area contributed by atoms with Gasteiger partial charge in [-0.25, -0.2) is 0 Å². The van der Waals surface area contributed by atoms with E-state index in [1.807, 2.05) is 13.1 Å². The number of hydrogen-bond acceptors (Lipinski definition) is 3. The number of ketones is 1. The largest absolute Gasteiger partial charge is 0.374 e. The third-order valence-electron chi connectivity index (χ3n) is 3.67. The van der Waals surface area contributed by atoms with Gasteiger partial charge in [-0.15, -0.1) is 0 Å². The molecule has 0 aliphatic heterocycles. The van der Waals surface area contributed by atoms with Gasteiger partial charge < -0.3 is 4.90 Å². The van der Waals surface area contributed by atoms with Crippen molar-refractivity contribution in [3.8, 4) is 6.07 Å². The average Bonchev–Trinajstić information content (AvgIpc) is 2.32. The molecule has 18 heavy (non-hydrogen) atoms. The number of anilines is 1. The standard InChI is InChI=1S/C15H18N2O/c1-11(18)14-7-6-13(9-16)8-15(14)17(2)10-12-4-3-5-12/h6-8,12H,3-5,10H2,1-2H3. The highest BCUT2D eigenvalue weighted by Gasteiger charge is 2.21. The van der Waals surface area contributed by atoms with Crippen LogP contribution in [-0.4, -0.2) is 19.4 Å². The van der Waals surface area contributed by atoms with Crippen LogP contribution in [0.15, 0.2) is 18.2 Å². The maximum atomic E-state index is 11.6. The highest BCUT2D eigenvalue weighted by atomic mass is 16.1. The van der Waals surface area contributed by atoms with E-state index in [0.29, 0.717) is 11.1 Å².